The number of sulfone groups is 1. The van der Waals surface area contributed by atoms with Crippen molar-refractivity contribution < 1.29 is 36.3 Å². The first kappa shape index (κ1) is 27.0. The SMILES string of the molecule is CCOC(=O)Cc1nc(NC(=O)C(Oc2ccc(F)c(F)c2)c2ccc(S(=O)(=O)C3CC3)cc2)sc1Cl. The van der Waals surface area contributed by atoms with Crippen molar-refractivity contribution in [3.63, 3.8) is 0 Å². The molecule has 0 spiro atoms. The third-order valence-corrected chi connectivity index (χ3v) is 8.88. The fourth-order valence-corrected chi connectivity index (χ4v) is 6.08. The maximum absolute atomic E-state index is 13.8. The first-order chi connectivity index (χ1) is 17.6. The summed E-state index contributed by atoms with van der Waals surface area (Å²) in [4.78, 5) is 29.3. The molecule has 1 saturated carbocycles. The van der Waals surface area contributed by atoms with Crippen LogP contribution in [0, 0.1) is 11.6 Å². The summed E-state index contributed by atoms with van der Waals surface area (Å²) in [6, 6.07) is 8.38. The van der Waals surface area contributed by atoms with E-state index in [1.807, 2.05) is 0 Å². The summed E-state index contributed by atoms with van der Waals surface area (Å²) in [6.45, 7) is 1.85. The molecule has 4 rings (SSSR count). The van der Waals surface area contributed by atoms with E-state index in [1.54, 1.807) is 6.92 Å². The number of carbonyl (C=O) groups is 2. The van der Waals surface area contributed by atoms with Gasteiger partial charge >= 0.3 is 5.97 Å². The van der Waals surface area contributed by atoms with Crippen LogP contribution >= 0.6 is 22.9 Å². The minimum absolute atomic E-state index is 0.0705. The van der Waals surface area contributed by atoms with Crippen LogP contribution in [0.25, 0.3) is 0 Å². The van der Waals surface area contributed by atoms with E-state index in [2.05, 4.69) is 10.3 Å². The van der Waals surface area contributed by atoms with Crippen molar-refractivity contribution in [2.75, 3.05) is 11.9 Å². The normalized spacial score (nSPS) is 14.2. The number of nitrogens with one attached hydrogen (secondary N) is 1. The van der Waals surface area contributed by atoms with Gasteiger partial charge in [0.25, 0.3) is 5.91 Å². The second-order valence-corrected chi connectivity index (χ2v) is 11.9. The van der Waals surface area contributed by atoms with Gasteiger partial charge in [-0.3, -0.25) is 14.9 Å². The molecular formula is C24H21ClF2N2O6S2. The number of nitrogens with zero attached hydrogens (tertiary/aromatic N) is 1. The van der Waals surface area contributed by atoms with Gasteiger partial charge in [0, 0.05) is 11.6 Å². The Morgan fingerprint density at radius 3 is 2.49 bits per heavy atom. The number of amides is 1. The lowest BCUT2D eigenvalue weighted by atomic mass is 10.1. The average Bonchev–Trinajstić information content (AvgIpc) is 3.66. The van der Waals surface area contributed by atoms with Crippen molar-refractivity contribution in [3.8, 4) is 5.75 Å². The van der Waals surface area contributed by atoms with E-state index >= 15 is 0 Å². The van der Waals surface area contributed by atoms with E-state index < -0.39 is 44.7 Å². The summed E-state index contributed by atoms with van der Waals surface area (Å²) in [6.07, 6.45) is -0.380. The van der Waals surface area contributed by atoms with Gasteiger partial charge in [-0.15, -0.1) is 0 Å². The van der Waals surface area contributed by atoms with Crippen molar-refractivity contribution in [2.24, 2.45) is 0 Å². The number of carbonyl (C=O) groups excluding carboxylic acids is 2. The highest BCUT2D eigenvalue weighted by Gasteiger charge is 2.37. The van der Waals surface area contributed by atoms with Gasteiger partial charge in [-0.2, -0.15) is 0 Å². The fraction of sp³-hybridized carbons (Fsp3) is 0.292. The zero-order valence-corrected chi connectivity index (χ0v) is 21.8. The minimum Gasteiger partial charge on any atom is -0.476 e. The molecule has 8 nitrogen and oxygen atoms in total. The van der Waals surface area contributed by atoms with E-state index in [0.717, 1.165) is 29.5 Å². The second kappa shape index (κ2) is 11.1. The van der Waals surface area contributed by atoms with Gasteiger partial charge in [-0.1, -0.05) is 35.1 Å². The van der Waals surface area contributed by atoms with Crippen LogP contribution in [0.3, 0.4) is 0 Å². The second-order valence-electron chi connectivity index (χ2n) is 8.10. The van der Waals surface area contributed by atoms with Crippen molar-refractivity contribution in [3.05, 3.63) is 69.7 Å². The molecular weight excluding hydrogens is 550 g/mol. The lowest BCUT2D eigenvalue weighted by Gasteiger charge is -2.19. The number of ether oxygens (including phenoxy) is 2. The van der Waals surface area contributed by atoms with Crippen molar-refractivity contribution >= 4 is 49.8 Å². The predicted molar refractivity (Wildman–Crippen MR) is 132 cm³/mol. The summed E-state index contributed by atoms with van der Waals surface area (Å²) in [5.74, 6) is -3.66. The Hall–Kier alpha value is -3.09. The molecule has 1 amide bonds. The van der Waals surface area contributed by atoms with Crippen LogP contribution in [0.4, 0.5) is 13.9 Å². The largest absolute Gasteiger partial charge is 0.476 e. The van der Waals surface area contributed by atoms with E-state index in [4.69, 9.17) is 21.1 Å². The lowest BCUT2D eigenvalue weighted by Crippen LogP contribution is -2.26. The highest BCUT2D eigenvalue weighted by Crippen LogP contribution is 2.35. The standard InChI is InChI=1S/C24H21ClF2N2O6S2/c1-2-34-20(30)12-19-22(25)36-24(28-19)29-23(31)21(35-14-5-10-17(26)18(27)11-14)13-3-6-15(7-4-13)37(32,33)16-8-9-16/h3-7,10-11,16,21H,2,8-9,12H2,1H3,(H,28,29,31). The van der Waals surface area contributed by atoms with Crippen molar-refractivity contribution in [2.45, 2.75) is 42.4 Å². The maximum atomic E-state index is 13.8. The molecule has 1 aliphatic carbocycles. The fourth-order valence-electron chi connectivity index (χ4n) is 3.38. The first-order valence-electron chi connectivity index (χ1n) is 11.2. The molecule has 3 aromatic rings. The Labute approximate surface area is 220 Å². The third-order valence-electron chi connectivity index (χ3n) is 5.35. The Balaban J connectivity index is 1.59. The van der Waals surface area contributed by atoms with Gasteiger partial charge in [0.1, 0.15) is 10.1 Å². The molecule has 0 saturated heterocycles. The molecule has 1 heterocycles. The average molecular weight is 571 g/mol. The number of anilines is 1. The van der Waals surface area contributed by atoms with E-state index in [1.165, 1.54) is 24.3 Å². The van der Waals surface area contributed by atoms with Crippen LogP contribution in [0.1, 0.15) is 37.1 Å². The van der Waals surface area contributed by atoms with Crippen LogP contribution in [0.15, 0.2) is 47.4 Å². The number of hydrogen-bond donors (Lipinski definition) is 1. The summed E-state index contributed by atoms with van der Waals surface area (Å²) in [5.41, 5.74) is 0.472. The van der Waals surface area contributed by atoms with Crippen LogP contribution in [0.2, 0.25) is 4.34 Å². The van der Waals surface area contributed by atoms with Gasteiger partial charge in [-0.25, -0.2) is 22.2 Å². The molecule has 0 bridgehead atoms. The number of hydrogen-bond acceptors (Lipinski definition) is 8. The lowest BCUT2D eigenvalue weighted by molar-refractivity contribution is -0.142. The molecule has 1 aromatic heterocycles. The Morgan fingerprint density at radius 2 is 1.86 bits per heavy atom. The molecule has 196 valence electrons. The van der Waals surface area contributed by atoms with Gasteiger partial charge in [0.2, 0.25) is 6.10 Å². The summed E-state index contributed by atoms with van der Waals surface area (Å²) >= 11 is 7.07. The number of rotatable bonds is 10. The molecule has 1 fully saturated rings. The maximum Gasteiger partial charge on any atom is 0.311 e. The number of esters is 1. The van der Waals surface area contributed by atoms with Crippen LogP contribution in [-0.2, 0) is 30.6 Å². The molecule has 1 atom stereocenters. The smallest absolute Gasteiger partial charge is 0.311 e. The minimum atomic E-state index is -3.46. The summed E-state index contributed by atoms with van der Waals surface area (Å²) in [7, 11) is -3.46. The number of halogens is 3. The quantitative estimate of drug-likeness (QED) is 0.346. The van der Waals surface area contributed by atoms with Crippen molar-refractivity contribution in [1.82, 2.24) is 4.98 Å². The molecule has 1 aliphatic rings. The zero-order valence-electron chi connectivity index (χ0n) is 19.4. The number of benzene rings is 2. The Bertz CT molecular complexity index is 1430. The Kier molecular flexibility index (Phi) is 8.10. The van der Waals surface area contributed by atoms with Crippen LogP contribution in [0.5, 0.6) is 5.75 Å². The zero-order chi connectivity index (χ0) is 26.7. The topological polar surface area (TPSA) is 112 Å². The van der Waals surface area contributed by atoms with E-state index in [-0.39, 0.29) is 44.4 Å². The van der Waals surface area contributed by atoms with Gasteiger partial charge in [0.15, 0.2) is 26.6 Å². The van der Waals surface area contributed by atoms with Crippen LogP contribution < -0.4 is 10.1 Å². The van der Waals surface area contributed by atoms with Crippen LogP contribution in [-0.4, -0.2) is 37.1 Å². The highest BCUT2D eigenvalue weighted by molar-refractivity contribution is 7.92. The number of aromatic nitrogens is 1. The molecule has 1 N–H and O–H groups in total. The first-order valence-corrected chi connectivity index (χ1v) is 13.9. The van der Waals surface area contributed by atoms with Gasteiger partial charge in [0.05, 0.1) is 28.9 Å². The molecule has 2 aromatic carbocycles. The number of thiazole rings is 1. The van der Waals surface area contributed by atoms with E-state index in [0.29, 0.717) is 12.8 Å². The molecule has 1 unspecified atom stereocenters. The molecule has 13 heteroatoms. The third kappa shape index (κ3) is 6.43. The monoisotopic (exact) mass is 570 g/mol. The highest BCUT2D eigenvalue weighted by atomic mass is 35.5. The predicted octanol–water partition coefficient (Wildman–Crippen LogP) is 4.88. The summed E-state index contributed by atoms with van der Waals surface area (Å²) in [5, 5.41) is 2.21. The van der Waals surface area contributed by atoms with Gasteiger partial charge < -0.3 is 9.47 Å². The molecule has 0 radical (unpaired) electrons. The van der Waals surface area contributed by atoms with Gasteiger partial charge in [-0.05, 0) is 44.0 Å². The Morgan fingerprint density at radius 1 is 1.16 bits per heavy atom. The molecule has 0 aliphatic heterocycles. The van der Waals surface area contributed by atoms with Crippen molar-refractivity contribution in [1.29, 1.82) is 0 Å². The van der Waals surface area contributed by atoms with E-state index in [9.17, 15) is 26.8 Å². The summed E-state index contributed by atoms with van der Waals surface area (Å²) < 4.78 is 63.0. The molecule has 37 heavy (non-hydrogen) atoms.